The van der Waals surface area contributed by atoms with E-state index in [1.165, 1.54) is 16.7 Å². The van der Waals surface area contributed by atoms with Crippen molar-refractivity contribution >= 4 is 47.2 Å². The number of primary amides is 1. The summed E-state index contributed by atoms with van der Waals surface area (Å²) in [7, 11) is 0. The van der Waals surface area contributed by atoms with E-state index in [-0.39, 0.29) is 36.7 Å². The number of nitrogens with two attached hydrogens (primary N) is 1. The molecule has 0 aliphatic carbocycles. The molecule has 3 atom stereocenters. The van der Waals surface area contributed by atoms with Crippen LogP contribution in [0.15, 0.2) is 18.2 Å². The molecule has 1 heterocycles. The smallest absolute Gasteiger partial charge is 0.319 e. The first-order chi connectivity index (χ1) is 16.0. The number of benzene rings is 1. The second kappa shape index (κ2) is 12.2. The predicted molar refractivity (Wildman–Crippen MR) is 119 cm³/mol. The van der Waals surface area contributed by atoms with Crippen molar-refractivity contribution in [1.82, 2.24) is 15.5 Å². The van der Waals surface area contributed by atoms with Crippen LogP contribution in [-0.2, 0) is 19.2 Å². The van der Waals surface area contributed by atoms with Crippen LogP contribution in [0, 0.1) is 11.6 Å². The Balaban J connectivity index is 2.08. The van der Waals surface area contributed by atoms with Gasteiger partial charge in [0, 0.05) is 19.0 Å². The molecule has 1 saturated heterocycles. The standard InChI is InChI=1S/C20H25F2N5O6S/c1-34-9-16(28)27-8-11(24-20(33)26-13-3-2-10(21)6-12(13)22)7-15(27)19(32)25-14(18(23)31)4-5-17(29)30/h2-3,6,11,14-15H,4-5,7-9H2,1H3,(H2,23,31)(H,25,32)(H,29,30)(H2,24,26,33). The van der Waals surface area contributed by atoms with E-state index in [9.17, 15) is 32.8 Å². The topological polar surface area (TPSA) is 171 Å². The van der Waals surface area contributed by atoms with Crippen molar-refractivity contribution in [2.45, 2.75) is 37.4 Å². The Kier molecular flexibility index (Phi) is 9.59. The lowest BCUT2D eigenvalue weighted by atomic mass is 10.1. The van der Waals surface area contributed by atoms with Gasteiger partial charge in [0.05, 0.1) is 17.5 Å². The number of carbonyl (C=O) groups excluding carboxylic acids is 4. The zero-order chi connectivity index (χ0) is 25.4. The number of rotatable bonds is 10. The molecular formula is C20H25F2N5O6S. The van der Waals surface area contributed by atoms with E-state index in [0.717, 1.165) is 12.1 Å². The lowest BCUT2D eigenvalue weighted by Crippen LogP contribution is -2.52. The van der Waals surface area contributed by atoms with Gasteiger partial charge in [-0.2, -0.15) is 11.8 Å². The first kappa shape index (κ1) is 26.8. The summed E-state index contributed by atoms with van der Waals surface area (Å²) in [6, 6.07) is -1.21. The number of aliphatic carboxylic acids is 1. The summed E-state index contributed by atoms with van der Waals surface area (Å²) in [6.45, 7) is -0.0346. The van der Waals surface area contributed by atoms with E-state index in [2.05, 4.69) is 16.0 Å². The molecule has 0 saturated carbocycles. The molecule has 1 aliphatic heterocycles. The van der Waals surface area contributed by atoms with Crippen LogP contribution < -0.4 is 21.7 Å². The van der Waals surface area contributed by atoms with Crippen molar-refractivity contribution in [2.24, 2.45) is 5.73 Å². The van der Waals surface area contributed by atoms with Crippen LogP contribution in [0.5, 0.6) is 0 Å². The third kappa shape index (κ3) is 7.57. The Labute approximate surface area is 197 Å². The summed E-state index contributed by atoms with van der Waals surface area (Å²) in [5, 5.41) is 16.0. The normalized spacial score (nSPS) is 18.1. The molecule has 1 fully saturated rings. The zero-order valence-corrected chi connectivity index (χ0v) is 19.0. The molecule has 5 amide bonds. The minimum Gasteiger partial charge on any atom is -0.481 e. The Morgan fingerprint density at radius 2 is 1.97 bits per heavy atom. The molecule has 0 radical (unpaired) electrons. The van der Waals surface area contributed by atoms with Gasteiger partial charge in [0.25, 0.3) is 0 Å². The van der Waals surface area contributed by atoms with Crippen LogP contribution in [0.1, 0.15) is 19.3 Å². The second-order valence-electron chi connectivity index (χ2n) is 7.55. The van der Waals surface area contributed by atoms with Crippen molar-refractivity contribution in [3.05, 3.63) is 29.8 Å². The first-order valence-corrected chi connectivity index (χ1v) is 11.5. The number of hydrogen-bond donors (Lipinski definition) is 5. The third-order valence-electron chi connectivity index (χ3n) is 5.01. The van der Waals surface area contributed by atoms with Crippen LogP contribution in [0.2, 0.25) is 0 Å². The van der Waals surface area contributed by atoms with E-state index in [0.29, 0.717) is 6.07 Å². The maximum absolute atomic E-state index is 13.8. The van der Waals surface area contributed by atoms with Crippen molar-refractivity contribution in [1.29, 1.82) is 0 Å². The Bertz CT molecular complexity index is 965. The van der Waals surface area contributed by atoms with Gasteiger partial charge < -0.3 is 31.7 Å². The second-order valence-corrected chi connectivity index (χ2v) is 8.41. The number of nitrogens with zero attached hydrogens (tertiary/aromatic N) is 1. The van der Waals surface area contributed by atoms with Crippen molar-refractivity contribution < 1.29 is 37.9 Å². The molecule has 2 rings (SSSR count). The number of thioether (sulfide) groups is 1. The number of amides is 5. The molecule has 186 valence electrons. The molecule has 1 aliphatic rings. The summed E-state index contributed by atoms with van der Waals surface area (Å²) >= 11 is 1.23. The molecule has 11 nitrogen and oxygen atoms in total. The molecular weight excluding hydrogens is 476 g/mol. The highest BCUT2D eigenvalue weighted by atomic mass is 32.2. The van der Waals surface area contributed by atoms with Crippen LogP contribution in [0.3, 0.4) is 0 Å². The van der Waals surface area contributed by atoms with Gasteiger partial charge in [-0.25, -0.2) is 13.6 Å². The molecule has 3 unspecified atom stereocenters. The maximum Gasteiger partial charge on any atom is 0.319 e. The summed E-state index contributed by atoms with van der Waals surface area (Å²) in [5.41, 5.74) is 4.99. The van der Waals surface area contributed by atoms with Gasteiger partial charge in [-0.15, -0.1) is 0 Å². The van der Waals surface area contributed by atoms with Gasteiger partial charge >= 0.3 is 12.0 Å². The third-order valence-corrected chi connectivity index (χ3v) is 5.55. The van der Waals surface area contributed by atoms with Crippen LogP contribution in [-0.4, -0.2) is 76.4 Å². The fourth-order valence-corrected chi connectivity index (χ4v) is 3.84. The molecule has 6 N–H and O–H groups in total. The van der Waals surface area contributed by atoms with Crippen molar-refractivity contribution in [3.8, 4) is 0 Å². The van der Waals surface area contributed by atoms with Gasteiger partial charge in [-0.3, -0.25) is 19.2 Å². The molecule has 0 bridgehead atoms. The van der Waals surface area contributed by atoms with Crippen molar-refractivity contribution in [3.63, 3.8) is 0 Å². The molecule has 1 aromatic carbocycles. The van der Waals surface area contributed by atoms with E-state index in [1.807, 2.05) is 0 Å². The van der Waals surface area contributed by atoms with Crippen LogP contribution >= 0.6 is 11.8 Å². The molecule has 14 heteroatoms. The number of carboxylic acids is 1. The molecule has 1 aromatic rings. The monoisotopic (exact) mass is 501 g/mol. The van der Waals surface area contributed by atoms with Gasteiger partial charge in [-0.05, 0) is 31.2 Å². The fourth-order valence-electron chi connectivity index (χ4n) is 3.43. The number of halogens is 2. The van der Waals surface area contributed by atoms with Crippen LogP contribution in [0.4, 0.5) is 19.3 Å². The number of carboxylic acid groups (broad SMARTS) is 1. The van der Waals surface area contributed by atoms with Gasteiger partial charge in [0.15, 0.2) is 0 Å². The minimum absolute atomic E-state index is 0.0182. The lowest BCUT2D eigenvalue weighted by Gasteiger charge is -2.25. The van der Waals surface area contributed by atoms with Gasteiger partial charge in [0.1, 0.15) is 23.7 Å². The number of urea groups is 1. The van der Waals surface area contributed by atoms with E-state index in [4.69, 9.17) is 10.8 Å². The van der Waals surface area contributed by atoms with Crippen molar-refractivity contribution in [2.75, 3.05) is 23.9 Å². The highest BCUT2D eigenvalue weighted by Gasteiger charge is 2.40. The zero-order valence-electron chi connectivity index (χ0n) is 18.2. The van der Waals surface area contributed by atoms with Crippen LogP contribution in [0.25, 0.3) is 0 Å². The molecule has 0 aromatic heterocycles. The SMILES string of the molecule is CSCC(=O)N1CC(NC(=O)Nc2ccc(F)cc2F)CC1C(=O)NC(CCC(=O)O)C(N)=O. The van der Waals surface area contributed by atoms with E-state index in [1.54, 1.807) is 6.26 Å². The first-order valence-electron chi connectivity index (χ1n) is 10.1. The van der Waals surface area contributed by atoms with Gasteiger partial charge in [0.2, 0.25) is 17.7 Å². The highest BCUT2D eigenvalue weighted by molar-refractivity contribution is 7.99. The Morgan fingerprint density at radius 1 is 1.26 bits per heavy atom. The minimum atomic E-state index is -1.25. The summed E-state index contributed by atoms with van der Waals surface area (Å²) in [5.74, 6) is -4.94. The lowest BCUT2D eigenvalue weighted by molar-refractivity contribution is -0.138. The predicted octanol–water partition coefficient (Wildman–Crippen LogP) is 0.254. The summed E-state index contributed by atoms with van der Waals surface area (Å²) in [6.07, 6.45) is 1.04. The quantitative estimate of drug-likeness (QED) is 0.306. The number of hydrogen-bond acceptors (Lipinski definition) is 6. The van der Waals surface area contributed by atoms with E-state index < -0.39 is 60.0 Å². The number of carbonyl (C=O) groups is 5. The number of anilines is 1. The molecule has 34 heavy (non-hydrogen) atoms. The summed E-state index contributed by atoms with van der Waals surface area (Å²) in [4.78, 5) is 61.3. The largest absolute Gasteiger partial charge is 0.481 e. The van der Waals surface area contributed by atoms with E-state index >= 15 is 0 Å². The summed E-state index contributed by atoms with van der Waals surface area (Å²) < 4.78 is 26.8. The van der Waals surface area contributed by atoms with Gasteiger partial charge in [-0.1, -0.05) is 0 Å². The Morgan fingerprint density at radius 3 is 2.56 bits per heavy atom. The number of nitrogens with one attached hydrogen (secondary N) is 3. The average molecular weight is 502 g/mol. The maximum atomic E-state index is 13.8. The molecule has 0 spiro atoms. The average Bonchev–Trinajstić information content (AvgIpc) is 3.16. The highest BCUT2D eigenvalue weighted by Crippen LogP contribution is 2.21. The fraction of sp³-hybridized carbons (Fsp3) is 0.450. The number of likely N-dealkylation sites (tertiary alicyclic amines) is 1. The Hall–Kier alpha value is -3.42.